The standard InChI is InChI=1S/C16H17ClN2O3/c1-10-4-5-11(8-13(10)17)18-16(20)19-14-9-12(21-2)6-7-15(14)22-3/h4-9H,1-3H3,(H2,18,19,20). The van der Waals surface area contributed by atoms with Gasteiger partial charge in [0.15, 0.2) is 0 Å². The summed E-state index contributed by atoms with van der Waals surface area (Å²) in [4.78, 5) is 12.1. The van der Waals surface area contributed by atoms with Crippen LogP contribution in [-0.2, 0) is 0 Å². The van der Waals surface area contributed by atoms with Gasteiger partial charge in [0.1, 0.15) is 11.5 Å². The molecule has 22 heavy (non-hydrogen) atoms. The van der Waals surface area contributed by atoms with Crippen molar-refractivity contribution in [3.05, 3.63) is 47.0 Å². The summed E-state index contributed by atoms with van der Waals surface area (Å²) in [7, 11) is 3.09. The predicted molar refractivity (Wildman–Crippen MR) is 88.4 cm³/mol. The maximum atomic E-state index is 12.1. The van der Waals surface area contributed by atoms with Crippen LogP contribution < -0.4 is 20.1 Å². The number of amides is 2. The summed E-state index contributed by atoms with van der Waals surface area (Å²) in [6, 6.07) is 10.1. The lowest BCUT2D eigenvalue weighted by Crippen LogP contribution is -2.19. The molecular weight excluding hydrogens is 304 g/mol. The van der Waals surface area contributed by atoms with E-state index in [4.69, 9.17) is 21.1 Å². The Balaban J connectivity index is 2.12. The molecule has 0 atom stereocenters. The minimum absolute atomic E-state index is 0.397. The smallest absolute Gasteiger partial charge is 0.323 e. The summed E-state index contributed by atoms with van der Waals surface area (Å²) in [5, 5.41) is 6.03. The molecule has 0 saturated heterocycles. The second-order valence-electron chi connectivity index (χ2n) is 4.61. The van der Waals surface area contributed by atoms with Crippen LogP contribution in [0, 0.1) is 6.92 Å². The first-order valence-electron chi connectivity index (χ1n) is 6.59. The van der Waals surface area contributed by atoms with Gasteiger partial charge in [-0.05, 0) is 36.8 Å². The van der Waals surface area contributed by atoms with Crippen LogP contribution in [0.3, 0.4) is 0 Å². The minimum Gasteiger partial charge on any atom is -0.497 e. The highest BCUT2D eigenvalue weighted by Crippen LogP contribution is 2.29. The molecule has 0 aliphatic carbocycles. The zero-order valence-corrected chi connectivity index (χ0v) is 13.3. The molecule has 0 aliphatic rings. The Kier molecular flexibility index (Phi) is 5.12. The number of hydrogen-bond acceptors (Lipinski definition) is 3. The fourth-order valence-electron chi connectivity index (χ4n) is 1.87. The highest BCUT2D eigenvalue weighted by molar-refractivity contribution is 6.31. The van der Waals surface area contributed by atoms with Gasteiger partial charge in [-0.15, -0.1) is 0 Å². The lowest BCUT2D eigenvalue weighted by molar-refractivity contribution is 0.262. The zero-order valence-electron chi connectivity index (χ0n) is 12.6. The summed E-state index contributed by atoms with van der Waals surface area (Å²) in [6.45, 7) is 1.90. The molecule has 6 heteroatoms. The van der Waals surface area contributed by atoms with E-state index in [1.165, 1.54) is 7.11 Å². The third kappa shape index (κ3) is 3.83. The first-order valence-corrected chi connectivity index (χ1v) is 6.97. The second kappa shape index (κ2) is 7.04. The van der Waals surface area contributed by atoms with Gasteiger partial charge in [-0.25, -0.2) is 4.79 Å². The molecule has 0 heterocycles. The van der Waals surface area contributed by atoms with Crippen LogP contribution in [0.2, 0.25) is 5.02 Å². The average molecular weight is 321 g/mol. The van der Waals surface area contributed by atoms with E-state index in [2.05, 4.69) is 10.6 Å². The van der Waals surface area contributed by atoms with Crippen LogP contribution in [-0.4, -0.2) is 20.3 Å². The Labute approximate surface area is 134 Å². The molecule has 2 N–H and O–H groups in total. The predicted octanol–water partition coefficient (Wildman–Crippen LogP) is 4.31. The van der Waals surface area contributed by atoms with Crippen LogP contribution in [0.15, 0.2) is 36.4 Å². The lowest BCUT2D eigenvalue weighted by atomic mass is 10.2. The van der Waals surface area contributed by atoms with Gasteiger partial charge in [0.25, 0.3) is 0 Å². The first-order chi connectivity index (χ1) is 10.5. The molecular formula is C16H17ClN2O3. The largest absolute Gasteiger partial charge is 0.497 e. The Morgan fingerprint density at radius 3 is 2.45 bits per heavy atom. The van der Waals surface area contributed by atoms with Crippen LogP contribution in [0.25, 0.3) is 0 Å². The fraction of sp³-hybridized carbons (Fsp3) is 0.188. The van der Waals surface area contributed by atoms with E-state index in [-0.39, 0.29) is 0 Å². The van der Waals surface area contributed by atoms with Crippen LogP contribution in [0.1, 0.15) is 5.56 Å². The van der Waals surface area contributed by atoms with E-state index >= 15 is 0 Å². The van der Waals surface area contributed by atoms with Crippen LogP contribution >= 0.6 is 11.6 Å². The van der Waals surface area contributed by atoms with Crippen molar-refractivity contribution in [2.45, 2.75) is 6.92 Å². The number of aryl methyl sites for hydroxylation is 1. The Hall–Kier alpha value is -2.40. The van der Waals surface area contributed by atoms with E-state index in [0.29, 0.717) is 27.9 Å². The highest BCUT2D eigenvalue weighted by atomic mass is 35.5. The second-order valence-corrected chi connectivity index (χ2v) is 5.02. The third-order valence-electron chi connectivity index (χ3n) is 3.08. The van der Waals surface area contributed by atoms with Gasteiger partial charge in [-0.1, -0.05) is 17.7 Å². The maximum Gasteiger partial charge on any atom is 0.323 e. The molecule has 116 valence electrons. The van der Waals surface area contributed by atoms with Crippen molar-refractivity contribution in [2.75, 3.05) is 24.9 Å². The topological polar surface area (TPSA) is 59.6 Å². The minimum atomic E-state index is -0.397. The van der Waals surface area contributed by atoms with Crippen molar-refractivity contribution in [1.82, 2.24) is 0 Å². The third-order valence-corrected chi connectivity index (χ3v) is 3.49. The van der Waals surface area contributed by atoms with Gasteiger partial charge in [0.05, 0.1) is 19.9 Å². The number of benzene rings is 2. The van der Waals surface area contributed by atoms with Gasteiger partial charge in [-0.3, -0.25) is 0 Å². The molecule has 0 aliphatic heterocycles. The number of urea groups is 1. The lowest BCUT2D eigenvalue weighted by Gasteiger charge is -2.13. The number of anilines is 2. The first kappa shape index (κ1) is 16.0. The van der Waals surface area contributed by atoms with Gasteiger partial charge in [0.2, 0.25) is 0 Å². The number of methoxy groups -OCH3 is 2. The summed E-state index contributed by atoms with van der Waals surface area (Å²) in [5.41, 5.74) is 2.06. The normalized spacial score (nSPS) is 10.0. The number of halogens is 1. The van der Waals surface area contributed by atoms with Crippen LogP contribution in [0.4, 0.5) is 16.2 Å². The molecule has 5 nitrogen and oxygen atoms in total. The molecule has 0 radical (unpaired) electrons. The number of carbonyl (C=O) groups is 1. The van der Waals surface area contributed by atoms with Gasteiger partial charge >= 0.3 is 6.03 Å². The molecule has 0 aromatic heterocycles. The maximum absolute atomic E-state index is 12.1. The van der Waals surface area contributed by atoms with Crippen molar-refractivity contribution in [3.8, 4) is 11.5 Å². The molecule has 0 spiro atoms. The summed E-state index contributed by atoms with van der Waals surface area (Å²) >= 11 is 6.04. The van der Waals surface area contributed by atoms with Crippen LogP contribution in [0.5, 0.6) is 11.5 Å². The number of nitrogens with one attached hydrogen (secondary N) is 2. The Bertz CT molecular complexity index is 689. The van der Waals surface area contributed by atoms with E-state index in [1.54, 1.807) is 37.4 Å². The van der Waals surface area contributed by atoms with Gasteiger partial charge < -0.3 is 20.1 Å². The zero-order chi connectivity index (χ0) is 16.1. The highest BCUT2D eigenvalue weighted by Gasteiger charge is 2.09. The fourth-order valence-corrected chi connectivity index (χ4v) is 2.05. The molecule has 2 aromatic rings. The SMILES string of the molecule is COc1ccc(OC)c(NC(=O)Nc2ccc(C)c(Cl)c2)c1. The van der Waals surface area contributed by atoms with E-state index in [9.17, 15) is 4.79 Å². The van der Waals surface area contributed by atoms with E-state index in [0.717, 1.165) is 5.56 Å². The van der Waals surface area contributed by atoms with Gasteiger partial charge in [0, 0.05) is 16.8 Å². The number of carbonyl (C=O) groups excluding carboxylic acids is 1. The van der Waals surface area contributed by atoms with Crippen molar-refractivity contribution >= 4 is 29.0 Å². The van der Waals surface area contributed by atoms with E-state index in [1.807, 2.05) is 13.0 Å². The number of ether oxygens (including phenoxy) is 2. The molecule has 2 amide bonds. The molecule has 2 rings (SSSR count). The Morgan fingerprint density at radius 1 is 1.05 bits per heavy atom. The quantitative estimate of drug-likeness (QED) is 0.882. The van der Waals surface area contributed by atoms with E-state index < -0.39 is 6.03 Å². The van der Waals surface area contributed by atoms with Crippen molar-refractivity contribution < 1.29 is 14.3 Å². The van der Waals surface area contributed by atoms with Crippen molar-refractivity contribution in [3.63, 3.8) is 0 Å². The molecule has 2 aromatic carbocycles. The molecule has 0 bridgehead atoms. The van der Waals surface area contributed by atoms with Gasteiger partial charge in [-0.2, -0.15) is 0 Å². The molecule has 0 saturated carbocycles. The molecule has 0 fully saturated rings. The summed E-state index contributed by atoms with van der Waals surface area (Å²) in [5.74, 6) is 1.16. The number of hydrogen-bond donors (Lipinski definition) is 2. The van der Waals surface area contributed by atoms with Crippen molar-refractivity contribution in [2.24, 2.45) is 0 Å². The monoisotopic (exact) mass is 320 g/mol. The number of rotatable bonds is 4. The Morgan fingerprint density at radius 2 is 1.82 bits per heavy atom. The summed E-state index contributed by atoms with van der Waals surface area (Å²) < 4.78 is 10.3. The van der Waals surface area contributed by atoms with Crippen molar-refractivity contribution in [1.29, 1.82) is 0 Å². The summed E-state index contributed by atoms with van der Waals surface area (Å²) in [6.07, 6.45) is 0. The average Bonchev–Trinajstić information content (AvgIpc) is 2.50. The molecule has 0 unspecified atom stereocenters.